The molecular weight excluding hydrogens is 314 g/mol. The molecule has 0 fully saturated rings. The molecule has 118 valence electrons. The largest absolute Gasteiger partial charge is 0.337 e. The Morgan fingerprint density at radius 2 is 2.17 bits per heavy atom. The van der Waals surface area contributed by atoms with Gasteiger partial charge in [0.2, 0.25) is 11.7 Å². The Morgan fingerprint density at radius 3 is 2.83 bits per heavy atom. The van der Waals surface area contributed by atoms with E-state index >= 15 is 0 Å². The van der Waals surface area contributed by atoms with Gasteiger partial charge in [0.15, 0.2) is 0 Å². The SMILES string of the molecule is Cc1nc(C)c(C(=O)N(C)Cc2nc(-c3cccnc3)no2)s1. The average Bonchev–Trinajstić information content (AvgIpc) is 3.13. The molecular formula is C15H15N5O2S. The van der Waals surface area contributed by atoms with Gasteiger partial charge >= 0.3 is 0 Å². The zero-order valence-corrected chi connectivity index (χ0v) is 13.8. The fraction of sp³-hybridized carbons (Fsp3) is 0.267. The second kappa shape index (κ2) is 6.25. The molecule has 0 radical (unpaired) electrons. The normalized spacial score (nSPS) is 10.7. The van der Waals surface area contributed by atoms with Gasteiger partial charge in [0, 0.05) is 25.0 Å². The molecule has 0 saturated carbocycles. The lowest BCUT2D eigenvalue weighted by Crippen LogP contribution is -2.26. The Labute approximate surface area is 137 Å². The van der Waals surface area contributed by atoms with E-state index in [1.54, 1.807) is 30.4 Å². The second-order valence-electron chi connectivity index (χ2n) is 5.06. The number of nitrogens with zero attached hydrogens (tertiary/aromatic N) is 5. The lowest BCUT2D eigenvalue weighted by atomic mass is 10.3. The number of thiazole rings is 1. The zero-order valence-electron chi connectivity index (χ0n) is 13.0. The summed E-state index contributed by atoms with van der Waals surface area (Å²) in [6.07, 6.45) is 3.34. The van der Waals surface area contributed by atoms with E-state index in [1.165, 1.54) is 11.3 Å². The number of aromatic nitrogens is 4. The molecule has 3 rings (SSSR count). The number of hydrogen-bond acceptors (Lipinski definition) is 7. The summed E-state index contributed by atoms with van der Waals surface area (Å²) >= 11 is 1.39. The Morgan fingerprint density at radius 1 is 1.35 bits per heavy atom. The molecule has 23 heavy (non-hydrogen) atoms. The van der Waals surface area contributed by atoms with E-state index in [0.29, 0.717) is 16.6 Å². The minimum Gasteiger partial charge on any atom is -0.337 e. The van der Waals surface area contributed by atoms with Crippen LogP contribution in [0.3, 0.4) is 0 Å². The van der Waals surface area contributed by atoms with Crippen LogP contribution in [-0.4, -0.2) is 38.0 Å². The Kier molecular flexibility index (Phi) is 4.16. The molecule has 0 unspecified atom stereocenters. The molecule has 0 aliphatic heterocycles. The van der Waals surface area contributed by atoms with Crippen LogP contribution >= 0.6 is 11.3 Å². The van der Waals surface area contributed by atoms with Gasteiger partial charge in [-0.05, 0) is 26.0 Å². The Bertz CT molecular complexity index is 828. The van der Waals surface area contributed by atoms with Crippen molar-refractivity contribution in [3.8, 4) is 11.4 Å². The van der Waals surface area contributed by atoms with Gasteiger partial charge in [-0.15, -0.1) is 11.3 Å². The molecule has 0 aliphatic carbocycles. The van der Waals surface area contributed by atoms with E-state index < -0.39 is 0 Å². The summed E-state index contributed by atoms with van der Waals surface area (Å²) in [5, 5.41) is 4.79. The molecule has 7 nitrogen and oxygen atoms in total. The van der Waals surface area contributed by atoms with Gasteiger partial charge in [-0.3, -0.25) is 9.78 Å². The van der Waals surface area contributed by atoms with Gasteiger partial charge in [0.25, 0.3) is 5.91 Å². The maximum atomic E-state index is 12.5. The van der Waals surface area contributed by atoms with Gasteiger partial charge in [0.05, 0.1) is 10.7 Å². The van der Waals surface area contributed by atoms with Gasteiger partial charge in [0.1, 0.15) is 11.4 Å². The van der Waals surface area contributed by atoms with Crippen LogP contribution in [0, 0.1) is 13.8 Å². The summed E-state index contributed by atoms with van der Waals surface area (Å²) in [5.41, 5.74) is 1.51. The van der Waals surface area contributed by atoms with Crippen LogP contribution in [0.5, 0.6) is 0 Å². The fourth-order valence-corrected chi connectivity index (χ4v) is 3.02. The third kappa shape index (κ3) is 3.26. The van der Waals surface area contributed by atoms with Gasteiger partial charge < -0.3 is 9.42 Å². The number of rotatable bonds is 4. The third-order valence-electron chi connectivity index (χ3n) is 3.20. The van der Waals surface area contributed by atoms with Crippen LogP contribution < -0.4 is 0 Å². The first-order valence-electron chi connectivity index (χ1n) is 6.97. The molecule has 0 N–H and O–H groups in total. The van der Waals surface area contributed by atoms with Crippen molar-refractivity contribution >= 4 is 17.2 Å². The van der Waals surface area contributed by atoms with E-state index in [2.05, 4.69) is 20.1 Å². The van der Waals surface area contributed by atoms with Crippen LogP contribution in [0.25, 0.3) is 11.4 Å². The predicted molar refractivity (Wildman–Crippen MR) is 84.9 cm³/mol. The summed E-state index contributed by atoms with van der Waals surface area (Å²) in [4.78, 5) is 27.2. The van der Waals surface area contributed by atoms with E-state index in [4.69, 9.17) is 4.52 Å². The number of amides is 1. The molecule has 3 aromatic rings. The van der Waals surface area contributed by atoms with Crippen molar-refractivity contribution < 1.29 is 9.32 Å². The summed E-state index contributed by atoms with van der Waals surface area (Å²) in [6, 6.07) is 3.65. The molecule has 3 aromatic heterocycles. The molecule has 0 saturated heterocycles. The fourth-order valence-electron chi connectivity index (χ4n) is 2.11. The van der Waals surface area contributed by atoms with Crippen molar-refractivity contribution in [2.24, 2.45) is 0 Å². The zero-order chi connectivity index (χ0) is 16.4. The molecule has 8 heteroatoms. The lowest BCUT2D eigenvalue weighted by molar-refractivity contribution is 0.0773. The highest BCUT2D eigenvalue weighted by Crippen LogP contribution is 2.20. The highest BCUT2D eigenvalue weighted by atomic mass is 32.1. The van der Waals surface area contributed by atoms with Gasteiger partial charge in [-0.25, -0.2) is 4.98 Å². The van der Waals surface area contributed by atoms with Gasteiger partial charge in [-0.2, -0.15) is 4.98 Å². The standard InChI is InChI=1S/C15H15N5O2S/c1-9-13(23-10(2)17-9)15(21)20(3)8-12-18-14(19-22-12)11-5-4-6-16-7-11/h4-7H,8H2,1-3H3. The predicted octanol–water partition coefficient (Wildman–Crippen LogP) is 2.48. The first-order chi connectivity index (χ1) is 11.0. The second-order valence-corrected chi connectivity index (χ2v) is 6.27. The first kappa shape index (κ1) is 15.3. The number of pyridine rings is 1. The Balaban J connectivity index is 1.73. The van der Waals surface area contributed by atoms with Crippen molar-refractivity contribution in [1.29, 1.82) is 0 Å². The number of aryl methyl sites for hydroxylation is 2. The molecule has 1 amide bonds. The summed E-state index contributed by atoms with van der Waals surface area (Å²) in [5.74, 6) is 0.728. The lowest BCUT2D eigenvalue weighted by Gasteiger charge is -2.13. The highest BCUT2D eigenvalue weighted by molar-refractivity contribution is 7.13. The third-order valence-corrected chi connectivity index (χ3v) is 4.27. The number of carbonyl (C=O) groups excluding carboxylic acids is 1. The van der Waals surface area contributed by atoms with Crippen molar-refractivity contribution in [1.82, 2.24) is 25.0 Å². The number of carbonyl (C=O) groups is 1. The molecule has 0 bridgehead atoms. The molecule has 3 heterocycles. The minimum absolute atomic E-state index is 0.103. The van der Waals surface area contributed by atoms with Crippen LogP contribution in [0.15, 0.2) is 29.0 Å². The van der Waals surface area contributed by atoms with Crippen molar-refractivity contribution in [2.75, 3.05) is 7.05 Å². The molecule has 0 atom stereocenters. The van der Waals surface area contributed by atoms with Crippen molar-refractivity contribution in [3.63, 3.8) is 0 Å². The first-order valence-corrected chi connectivity index (χ1v) is 7.78. The summed E-state index contributed by atoms with van der Waals surface area (Å²) in [6.45, 7) is 3.95. The van der Waals surface area contributed by atoms with Crippen molar-refractivity contribution in [3.05, 3.63) is 46.0 Å². The maximum absolute atomic E-state index is 12.5. The average molecular weight is 329 g/mol. The van der Waals surface area contributed by atoms with E-state index in [-0.39, 0.29) is 12.5 Å². The van der Waals surface area contributed by atoms with Crippen molar-refractivity contribution in [2.45, 2.75) is 20.4 Å². The highest BCUT2D eigenvalue weighted by Gasteiger charge is 2.20. The van der Waals surface area contributed by atoms with Crippen LogP contribution in [0.2, 0.25) is 0 Å². The quantitative estimate of drug-likeness (QED) is 0.731. The monoisotopic (exact) mass is 329 g/mol. The van der Waals surface area contributed by atoms with E-state index in [1.807, 2.05) is 19.9 Å². The number of hydrogen-bond donors (Lipinski definition) is 0. The van der Waals surface area contributed by atoms with E-state index in [9.17, 15) is 4.79 Å². The maximum Gasteiger partial charge on any atom is 0.266 e. The molecule has 0 aliphatic rings. The molecule has 0 aromatic carbocycles. The summed E-state index contributed by atoms with van der Waals surface area (Å²) in [7, 11) is 1.70. The van der Waals surface area contributed by atoms with Crippen LogP contribution in [-0.2, 0) is 6.54 Å². The van der Waals surface area contributed by atoms with E-state index in [0.717, 1.165) is 16.3 Å². The minimum atomic E-state index is -0.103. The summed E-state index contributed by atoms with van der Waals surface area (Å²) < 4.78 is 5.22. The van der Waals surface area contributed by atoms with Gasteiger partial charge in [-0.1, -0.05) is 5.16 Å². The van der Waals surface area contributed by atoms with Crippen LogP contribution in [0.1, 0.15) is 26.3 Å². The Hall–Kier alpha value is -2.61. The topological polar surface area (TPSA) is 85.0 Å². The smallest absolute Gasteiger partial charge is 0.266 e. The molecule has 0 spiro atoms. The van der Waals surface area contributed by atoms with Crippen LogP contribution in [0.4, 0.5) is 0 Å².